The maximum Gasteiger partial charge on any atom is 0.342 e. The minimum absolute atomic E-state index is 0.0211. The zero-order valence-corrected chi connectivity index (χ0v) is 18.7. The highest BCUT2D eigenvalue weighted by atomic mass is 79.9. The van der Waals surface area contributed by atoms with Crippen molar-refractivity contribution < 1.29 is 29.3 Å². The van der Waals surface area contributed by atoms with Crippen LogP contribution >= 0.6 is 15.9 Å². The predicted molar refractivity (Wildman–Crippen MR) is 124 cm³/mol. The van der Waals surface area contributed by atoms with E-state index in [1.54, 1.807) is 18.2 Å². The van der Waals surface area contributed by atoms with Crippen LogP contribution in [0.4, 0.5) is 11.5 Å². The van der Waals surface area contributed by atoms with Crippen LogP contribution in [-0.2, 0) is 4.79 Å². The van der Waals surface area contributed by atoms with Crippen LogP contribution in [0.15, 0.2) is 51.7 Å². The average Bonchev–Trinajstić information content (AvgIpc) is 2.73. The second kappa shape index (κ2) is 9.57. The molecule has 1 aromatic heterocycles. The number of hydrogen-bond donors (Lipinski definition) is 5. The van der Waals surface area contributed by atoms with E-state index in [0.717, 1.165) is 5.56 Å². The first-order valence-electron chi connectivity index (χ1n) is 9.40. The van der Waals surface area contributed by atoms with Crippen LogP contribution in [0.25, 0.3) is 11.1 Å². The van der Waals surface area contributed by atoms with Gasteiger partial charge in [-0.3, -0.25) is 9.59 Å². The van der Waals surface area contributed by atoms with E-state index in [2.05, 4.69) is 21.2 Å². The fourth-order valence-electron chi connectivity index (χ4n) is 3.12. The second-order valence-electron chi connectivity index (χ2n) is 6.95. The number of aromatic nitrogens is 1. The van der Waals surface area contributed by atoms with Crippen LogP contribution in [0.3, 0.4) is 0 Å². The Kier molecular flexibility index (Phi) is 6.83. The molecule has 10 nitrogen and oxygen atoms in total. The summed E-state index contributed by atoms with van der Waals surface area (Å²) in [6.07, 6.45) is 0. The standard InChI is InChI=1S/C22H18BrN3O7/c1-10-2-5-12(6-3-10)25-15(27)9-33-14-7-4-11(23)8-13(14)16-17(21(29)30)19(24)26-20(28)18(16)22(31)32/h2-8H,9H2,1H3,(H,25,27)(H,29,30)(H,31,32)(H3,24,26,28). The van der Waals surface area contributed by atoms with E-state index in [1.807, 2.05) is 24.0 Å². The Morgan fingerprint density at radius 3 is 2.30 bits per heavy atom. The number of H-pyrrole nitrogens is 1. The number of hydrogen-bond acceptors (Lipinski definition) is 6. The molecule has 1 amide bonds. The predicted octanol–water partition coefficient (Wildman–Crippen LogP) is 3.11. The number of ether oxygens (including phenoxy) is 1. The fraction of sp³-hybridized carbons (Fsp3) is 0.0909. The van der Waals surface area contributed by atoms with E-state index >= 15 is 0 Å². The molecule has 0 unspecified atom stereocenters. The number of carbonyl (C=O) groups excluding carboxylic acids is 1. The van der Waals surface area contributed by atoms with Crippen molar-refractivity contribution in [3.05, 3.63) is 74.0 Å². The minimum Gasteiger partial charge on any atom is -0.483 e. The zero-order valence-electron chi connectivity index (χ0n) is 17.1. The fourth-order valence-corrected chi connectivity index (χ4v) is 3.48. The Morgan fingerprint density at radius 1 is 1.06 bits per heavy atom. The number of pyridine rings is 1. The van der Waals surface area contributed by atoms with Gasteiger partial charge in [0, 0.05) is 21.3 Å². The maximum absolute atomic E-state index is 12.3. The minimum atomic E-state index is -1.66. The number of aromatic amines is 1. The lowest BCUT2D eigenvalue weighted by molar-refractivity contribution is -0.118. The largest absolute Gasteiger partial charge is 0.483 e. The van der Waals surface area contributed by atoms with Gasteiger partial charge in [-0.25, -0.2) is 9.59 Å². The number of carbonyl (C=O) groups is 3. The van der Waals surface area contributed by atoms with Crippen molar-refractivity contribution in [2.45, 2.75) is 6.92 Å². The number of rotatable bonds is 7. The highest BCUT2D eigenvalue weighted by molar-refractivity contribution is 9.10. The van der Waals surface area contributed by atoms with Crippen LogP contribution in [0.5, 0.6) is 5.75 Å². The van der Waals surface area contributed by atoms with Gasteiger partial charge in [0.05, 0.1) is 0 Å². The Balaban J connectivity index is 2.04. The molecule has 33 heavy (non-hydrogen) atoms. The number of aromatic carboxylic acids is 2. The number of amides is 1. The Labute approximate surface area is 195 Å². The van der Waals surface area contributed by atoms with Gasteiger partial charge in [-0.1, -0.05) is 33.6 Å². The van der Waals surface area contributed by atoms with Gasteiger partial charge in [0.15, 0.2) is 6.61 Å². The molecule has 3 aromatic rings. The molecule has 3 rings (SSSR count). The molecule has 0 aliphatic rings. The van der Waals surface area contributed by atoms with Gasteiger partial charge in [0.1, 0.15) is 22.7 Å². The SMILES string of the molecule is Cc1ccc(NC(=O)COc2ccc(Br)cc2-c2c(C(=O)O)c(N)[nH]c(=O)c2C(=O)O)cc1. The van der Waals surface area contributed by atoms with Gasteiger partial charge in [-0.05, 0) is 37.3 Å². The van der Waals surface area contributed by atoms with E-state index in [-0.39, 0.29) is 11.3 Å². The maximum atomic E-state index is 12.3. The van der Waals surface area contributed by atoms with Crippen molar-refractivity contribution in [1.29, 1.82) is 0 Å². The van der Waals surface area contributed by atoms with Gasteiger partial charge in [0.25, 0.3) is 11.5 Å². The molecule has 2 aromatic carbocycles. The molecule has 11 heteroatoms. The van der Waals surface area contributed by atoms with Crippen molar-refractivity contribution in [2.75, 3.05) is 17.7 Å². The molecular weight excluding hydrogens is 498 g/mol. The summed E-state index contributed by atoms with van der Waals surface area (Å²) in [4.78, 5) is 50.4. The van der Waals surface area contributed by atoms with E-state index in [4.69, 9.17) is 10.5 Å². The van der Waals surface area contributed by atoms with Crippen LogP contribution in [0.2, 0.25) is 0 Å². The lowest BCUT2D eigenvalue weighted by Gasteiger charge is -2.16. The topological polar surface area (TPSA) is 172 Å². The number of nitrogens with one attached hydrogen (secondary N) is 2. The molecule has 170 valence electrons. The van der Waals surface area contributed by atoms with Crippen molar-refractivity contribution in [3.8, 4) is 16.9 Å². The molecular formula is C22H18BrN3O7. The molecule has 1 heterocycles. The first kappa shape index (κ1) is 23.5. The summed E-state index contributed by atoms with van der Waals surface area (Å²) in [5.74, 6) is -4.25. The summed E-state index contributed by atoms with van der Waals surface area (Å²) in [7, 11) is 0. The van der Waals surface area contributed by atoms with Crippen molar-refractivity contribution in [3.63, 3.8) is 0 Å². The van der Waals surface area contributed by atoms with E-state index < -0.39 is 52.5 Å². The quantitative estimate of drug-likeness (QED) is 0.319. The Bertz CT molecular complexity index is 1320. The monoisotopic (exact) mass is 515 g/mol. The number of halogens is 1. The van der Waals surface area contributed by atoms with E-state index in [0.29, 0.717) is 10.2 Å². The van der Waals surface area contributed by atoms with Crippen molar-refractivity contribution in [2.24, 2.45) is 0 Å². The van der Waals surface area contributed by atoms with E-state index in [9.17, 15) is 29.4 Å². The summed E-state index contributed by atoms with van der Waals surface area (Å²) in [6.45, 7) is 1.44. The van der Waals surface area contributed by atoms with E-state index in [1.165, 1.54) is 12.1 Å². The number of benzene rings is 2. The average molecular weight is 516 g/mol. The lowest BCUT2D eigenvalue weighted by Crippen LogP contribution is -2.24. The number of anilines is 2. The van der Waals surface area contributed by atoms with Gasteiger partial charge in [-0.2, -0.15) is 0 Å². The Hall–Kier alpha value is -4.12. The molecule has 0 saturated carbocycles. The molecule has 0 saturated heterocycles. The smallest absolute Gasteiger partial charge is 0.342 e. The molecule has 6 N–H and O–H groups in total. The molecule has 0 atom stereocenters. The summed E-state index contributed by atoms with van der Waals surface area (Å²) < 4.78 is 6.03. The number of carboxylic acids is 2. The summed E-state index contributed by atoms with van der Waals surface area (Å²) in [5, 5.41) is 21.9. The summed E-state index contributed by atoms with van der Waals surface area (Å²) >= 11 is 3.24. The molecule has 0 aliphatic heterocycles. The van der Waals surface area contributed by atoms with Crippen LogP contribution in [0, 0.1) is 6.92 Å². The van der Waals surface area contributed by atoms with Gasteiger partial charge in [-0.15, -0.1) is 0 Å². The summed E-state index contributed by atoms with van der Waals surface area (Å²) in [5.41, 5.74) is 4.26. The number of nitrogens with two attached hydrogens (primary N) is 1. The Morgan fingerprint density at radius 2 is 1.70 bits per heavy atom. The number of nitrogen functional groups attached to an aromatic ring is 1. The lowest BCUT2D eigenvalue weighted by atomic mass is 9.94. The number of carboxylic acid groups (broad SMARTS) is 2. The number of aryl methyl sites for hydroxylation is 1. The molecule has 0 spiro atoms. The van der Waals surface area contributed by atoms with Crippen LogP contribution in [-0.4, -0.2) is 39.6 Å². The van der Waals surface area contributed by atoms with Crippen LogP contribution in [0.1, 0.15) is 26.3 Å². The summed E-state index contributed by atoms with van der Waals surface area (Å²) in [6, 6.07) is 11.4. The van der Waals surface area contributed by atoms with Crippen molar-refractivity contribution >= 4 is 45.3 Å². The third-order valence-corrected chi connectivity index (χ3v) is 5.07. The highest BCUT2D eigenvalue weighted by Gasteiger charge is 2.28. The van der Waals surface area contributed by atoms with Gasteiger partial charge in [0.2, 0.25) is 0 Å². The van der Waals surface area contributed by atoms with Gasteiger partial charge >= 0.3 is 11.9 Å². The first-order valence-corrected chi connectivity index (χ1v) is 10.2. The highest BCUT2D eigenvalue weighted by Crippen LogP contribution is 2.37. The first-order chi connectivity index (χ1) is 15.6. The molecule has 0 aliphatic carbocycles. The van der Waals surface area contributed by atoms with Gasteiger partial charge < -0.3 is 31.0 Å². The third-order valence-electron chi connectivity index (χ3n) is 4.58. The van der Waals surface area contributed by atoms with Crippen LogP contribution < -0.4 is 21.3 Å². The second-order valence-corrected chi connectivity index (χ2v) is 7.86. The molecule has 0 radical (unpaired) electrons. The molecule has 0 bridgehead atoms. The normalized spacial score (nSPS) is 10.5. The molecule has 0 fully saturated rings. The zero-order chi connectivity index (χ0) is 24.3. The van der Waals surface area contributed by atoms with Crippen molar-refractivity contribution in [1.82, 2.24) is 4.98 Å². The third kappa shape index (κ3) is 5.21.